The summed E-state index contributed by atoms with van der Waals surface area (Å²) in [5, 5.41) is 0. The van der Waals surface area contributed by atoms with E-state index in [2.05, 4.69) is 30.7 Å². The van der Waals surface area contributed by atoms with Gasteiger partial charge >= 0.3 is 0 Å². The van der Waals surface area contributed by atoms with Crippen molar-refractivity contribution in [1.82, 2.24) is 4.90 Å². The Morgan fingerprint density at radius 2 is 2.08 bits per heavy atom. The van der Waals surface area contributed by atoms with Crippen LogP contribution < -0.4 is 0 Å². The first-order chi connectivity index (χ1) is 6.07. The zero-order chi connectivity index (χ0) is 9.47. The lowest BCUT2D eigenvalue weighted by Gasteiger charge is -2.38. The van der Waals surface area contributed by atoms with Gasteiger partial charge in [-0.1, -0.05) is 20.8 Å². The third kappa shape index (κ3) is 1.72. The van der Waals surface area contributed by atoms with Crippen molar-refractivity contribution in [3.8, 4) is 0 Å². The SMILES string of the molecule is CC(C)(C)C1CCN2CCN=C2C1. The number of amidine groups is 1. The first kappa shape index (κ1) is 9.04. The van der Waals surface area contributed by atoms with E-state index < -0.39 is 0 Å². The van der Waals surface area contributed by atoms with Gasteiger partial charge < -0.3 is 4.90 Å². The maximum absolute atomic E-state index is 4.56. The Hall–Kier alpha value is -0.530. The molecule has 1 fully saturated rings. The summed E-state index contributed by atoms with van der Waals surface area (Å²) in [5.41, 5.74) is 0.456. The number of rotatable bonds is 0. The third-order valence-electron chi connectivity index (χ3n) is 3.43. The highest BCUT2D eigenvalue weighted by molar-refractivity contribution is 5.84. The molecule has 0 amide bonds. The van der Waals surface area contributed by atoms with E-state index in [1.54, 1.807) is 0 Å². The number of aliphatic imine (C=N–C) groups is 1. The Balaban J connectivity index is 2.05. The number of piperidine rings is 1. The lowest BCUT2D eigenvalue weighted by Crippen LogP contribution is -2.40. The van der Waals surface area contributed by atoms with E-state index in [0.29, 0.717) is 5.41 Å². The van der Waals surface area contributed by atoms with Crippen LogP contribution in [0, 0.1) is 11.3 Å². The van der Waals surface area contributed by atoms with Crippen molar-refractivity contribution in [3.05, 3.63) is 0 Å². The van der Waals surface area contributed by atoms with Crippen molar-refractivity contribution in [3.63, 3.8) is 0 Å². The topological polar surface area (TPSA) is 15.6 Å². The van der Waals surface area contributed by atoms with Gasteiger partial charge in [0.1, 0.15) is 0 Å². The summed E-state index contributed by atoms with van der Waals surface area (Å²) in [6.45, 7) is 10.5. The second kappa shape index (κ2) is 3.00. The van der Waals surface area contributed by atoms with Gasteiger partial charge in [-0.3, -0.25) is 4.99 Å². The standard InChI is InChI=1S/C11H20N2/c1-11(2,3)9-4-6-13-7-5-12-10(13)8-9/h9H,4-8H2,1-3H3. The molecule has 0 saturated carbocycles. The molecule has 0 aliphatic carbocycles. The second-order valence-electron chi connectivity index (χ2n) is 5.34. The summed E-state index contributed by atoms with van der Waals surface area (Å²) in [6.07, 6.45) is 2.56. The first-order valence-electron chi connectivity index (χ1n) is 5.35. The molecule has 0 aromatic heterocycles. The van der Waals surface area contributed by atoms with Gasteiger partial charge in [0.2, 0.25) is 0 Å². The first-order valence-corrected chi connectivity index (χ1v) is 5.35. The van der Waals surface area contributed by atoms with Crippen molar-refractivity contribution in [1.29, 1.82) is 0 Å². The molecule has 1 atom stereocenters. The quantitative estimate of drug-likeness (QED) is 0.558. The van der Waals surface area contributed by atoms with E-state index >= 15 is 0 Å². The fourth-order valence-corrected chi connectivity index (χ4v) is 2.34. The van der Waals surface area contributed by atoms with Crippen molar-refractivity contribution in [2.45, 2.75) is 33.6 Å². The van der Waals surface area contributed by atoms with E-state index in [-0.39, 0.29) is 0 Å². The van der Waals surface area contributed by atoms with Crippen LogP contribution in [0.15, 0.2) is 4.99 Å². The molecule has 0 bridgehead atoms. The largest absolute Gasteiger partial charge is 0.358 e. The zero-order valence-corrected chi connectivity index (χ0v) is 9.01. The molecule has 0 aromatic carbocycles. The highest BCUT2D eigenvalue weighted by atomic mass is 15.2. The Kier molecular flexibility index (Phi) is 2.09. The van der Waals surface area contributed by atoms with E-state index in [1.807, 2.05) is 0 Å². The van der Waals surface area contributed by atoms with Crippen LogP contribution in [0.2, 0.25) is 0 Å². The van der Waals surface area contributed by atoms with Crippen LogP contribution in [0.5, 0.6) is 0 Å². The highest BCUT2D eigenvalue weighted by Gasteiger charge is 2.33. The lowest BCUT2D eigenvalue weighted by molar-refractivity contribution is 0.192. The molecule has 2 aliphatic heterocycles. The summed E-state index contributed by atoms with van der Waals surface area (Å²) < 4.78 is 0. The molecule has 13 heavy (non-hydrogen) atoms. The average molecular weight is 180 g/mol. The van der Waals surface area contributed by atoms with Crippen LogP contribution in [-0.4, -0.2) is 30.4 Å². The smallest absolute Gasteiger partial charge is 0.0993 e. The summed E-state index contributed by atoms with van der Waals surface area (Å²) >= 11 is 0. The highest BCUT2D eigenvalue weighted by Crippen LogP contribution is 2.35. The molecule has 2 heterocycles. The van der Waals surface area contributed by atoms with Gasteiger partial charge in [-0.05, 0) is 17.8 Å². The molecule has 0 spiro atoms. The molecular weight excluding hydrogens is 160 g/mol. The zero-order valence-electron chi connectivity index (χ0n) is 9.01. The van der Waals surface area contributed by atoms with Gasteiger partial charge in [-0.15, -0.1) is 0 Å². The molecule has 0 N–H and O–H groups in total. The lowest BCUT2D eigenvalue weighted by atomic mass is 9.75. The van der Waals surface area contributed by atoms with Crippen molar-refractivity contribution in [2.24, 2.45) is 16.3 Å². The van der Waals surface area contributed by atoms with E-state index in [0.717, 1.165) is 12.5 Å². The monoisotopic (exact) mass is 180 g/mol. The van der Waals surface area contributed by atoms with Crippen molar-refractivity contribution >= 4 is 5.84 Å². The van der Waals surface area contributed by atoms with Gasteiger partial charge in [0.05, 0.1) is 12.4 Å². The predicted molar refractivity (Wildman–Crippen MR) is 56.1 cm³/mol. The van der Waals surface area contributed by atoms with Crippen LogP contribution in [0.25, 0.3) is 0 Å². The Morgan fingerprint density at radius 1 is 1.31 bits per heavy atom. The summed E-state index contributed by atoms with van der Waals surface area (Å²) in [4.78, 5) is 7.02. The van der Waals surface area contributed by atoms with Crippen molar-refractivity contribution < 1.29 is 0 Å². The summed E-state index contributed by atoms with van der Waals surface area (Å²) in [7, 11) is 0. The fraction of sp³-hybridized carbons (Fsp3) is 0.909. The molecule has 0 aromatic rings. The summed E-state index contributed by atoms with van der Waals surface area (Å²) in [6, 6.07) is 0. The van der Waals surface area contributed by atoms with Crippen LogP contribution in [0.3, 0.4) is 0 Å². The molecule has 1 unspecified atom stereocenters. The molecule has 2 aliphatic rings. The van der Waals surface area contributed by atoms with Gasteiger partial charge in [0.15, 0.2) is 0 Å². The van der Waals surface area contributed by atoms with Crippen LogP contribution in [0.4, 0.5) is 0 Å². The molecule has 0 radical (unpaired) electrons. The molecule has 1 saturated heterocycles. The minimum atomic E-state index is 0.456. The van der Waals surface area contributed by atoms with Crippen LogP contribution >= 0.6 is 0 Å². The average Bonchev–Trinajstić information content (AvgIpc) is 2.47. The van der Waals surface area contributed by atoms with Crippen molar-refractivity contribution in [2.75, 3.05) is 19.6 Å². The molecule has 2 rings (SSSR count). The van der Waals surface area contributed by atoms with E-state index in [1.165, 1.54) is 31.8 Å². The van der Waals surface area contributed by atoms with E-state index in [9.17, 15) is 0 Å². The third-order valence-corrected chi connectivity index (χ3v) is 3.43. The van der Waals surface area contributed by atoms with Gasteiger partial charge in [0, 0.05) is 19.5 Å². The van der Waals surface area contributed by atoms with Crippen LogP contribution in [-0.2, 0) is 0 Å². The Bertz CT molecular complexity index is 225. The number of fused-ring (bicyclic) bond motifs is 1. The fourth-order valence-electron chi connectivity index (χ4n) is 2.34. The summed E-state index contributed by atoms with van der Waals surface area (Å²) in [5.74, 6) is 2.21. The normalized spacial score (nSPS) is 28.7. The molecular formula is C11H20N2. The van der Waals surface area contributed by atoms with Crippen LogP contribution in [0.1, 0.15) is 33.6 Å². The molecule has 74 valence electrons. The second-order valence-corrected chi connectivity index (χ2v) is 5.34. The number of hydrogen-bond acceptors (Lipinski definition) is 2. The molecule has 2 heteroatoms. The maximum Gasteiger partial charge on any atom is 0.0993 e. The van der Waals surface area contributed by atoms with Gasteiger partial charge in [-0.2, -0.15) is 0 Å². The predicted octanol–water partition coefficient (Wildman–Crippen LogP) is 2.16. The van der Waals surface area contributed by atoms with Gasteiger partial charge in [0.25, 0.3) is 0 Å². The maximum atomic E-state index is 4.56. The minimum Gasteiger partial charge on any atom is -0.358 e. The van der Waals surface area contributed by atoms with Gasteiger partial charge in [-0.25, -0.2) is 0 Å². The number of hydrogen-bond donors (Lipinski definition) is 0. The molecule has 2 nitrogen and oxygen atoms in total. The minimum absolute atomic E-state index is 0.456. The number of nitrogens with zero attached hydrogens (tertiary/aromatic N) is 2. The Labute approximate surface area is 81.0 Å². The van der Waals surface area contributed by atoms with E-state index in [4.69, 9.17) is 0 Å². The Morgan fingerprint density at radius 3 is 2.77 bits per heavy atom.